The summed E-state index contributed by atoms with van der Waals surface area (Å²) in [6, 6.07) is 21.4. The van der Waals surface area contributed by atoms with Crippen LogP contribution in [0, 0.1) is 6.92 Å². The van der Waals surface area contributed by atoms with Crippen LogP contribution >= 0.6 is 0 Å². The van der Waals surface area contributed by atoms with E-state index in [1.54, 1.807) is 31.3 Å². The molecule has 1 aliphatic rings. The molecule has 0 radical (unpaired) electrons. The maximum atomic E-state index is 13.4. The number of amides is 4. The third-order valence-electron chi connectivity index (χ3n) is 6.81. The zero-order chi connectivity index (χ0) is 29.9. The molecule has 0 unspecified atom stereocenters. The largest absolute Gasteiger partial charge is 0.492 e. The minimum absolute atomic E-state index is 0.128. The fourth-order valence-electron chi connectivity index (χ4n) is 4.48. The summed E-state index contributed by atoms with van der Waals surface area (Å²) in [5.74, 6) is -0.980. The molecule has 0 saturated carbocycles. The second-order valence-electron chi connectivity index (χ2n) is 10.1. The van der Waals surface area contributed by atoms with Gasteiger partial charge in [0.25, 0.3) is 5.91 Å². The Balaban J connectivity index is 1.51. The smallest absolute Gasteiger partial charge is 0.255 e. The van der Waals surface area contributed by atoms with Crippen molar-refractivity contribution in [2.75, 3.05) is 33.4 Å². The standard InChI is InChI=1S/C32H36N4O6/c1-22-12-14-24(15-13-22)41-18-16-33-31(39)26-21-29(37)34-27(20-23-8-4-3-5-9-23)32(40)36(2)17-19-42-28-11-7-6-10-25(28)30(38)35-26/h3-15,26-27H,16-21H2,1-2H3,(H,33,39)(H,34,37)(H,35,38)/t26-,27+/m0/s1. The summed E-state index contributed by atoms with van der Waals surface area (Å²) in [6.07, 6.45) is -0.110. The third-order valence-corrected chi connectivity index (χ3v) is 6.81. The van der Waals surface area contributed by atoms with Crippen molar-refractivity contribution in [3.63, 3.8) is 0 Å². The van der Waals surface area contributed by atoms with Gasteiger partial charge >= 0.3 is 0 Å². The van der Waals surface area contributed by atoms with E-state index in [0.717, 1.165) is 11.1 Å². The van der Waals surface area contributed by atoms with Gasteiger partial charge in [-0.3, -0.25) is 19.2 Å². The van der Waals surface area contributed by atoms with Crippen LogP contribution in [-0.4, -0.2) is 74.0 Å². The highest BCUT2D eigenvalue weighted by molar-refractivity contribution is 6.01. The monoisotopic (exact) mass is 572 g/mol. The Morgan fingerprint density at radius 2 is 1.69 bits per heavy atom. The molecule has 3 aromatic carbocycles. The Kier molecular flexibility index (Phi) is 10.5. The van der Waals surface area contributed by atoms with E-state index in [0.29, 0.717) is 11.5 Å². The van der Waals surface area contributed by atoms with Gasteiger partial charge < -0.3 is 30.3 Å². The summed E-state index contributed by atoms with van der Waals surface area (Å²) < 4.78 is 11.5. The van der Waals surface area contributed by atoms with Crippen LogP contribution in [0.5, 0.6) is 11.5 Å². The van der Waals surface area contributed by atoms with E-state index >= 15 is 0 Å². The minimum Gasteiger partial charge on any atom is -0.492 e. The van der Waals surface area contributed by atoms with Crippen LogP contribution in [0.25, 0.3) is 0 Å². The van der Waals surface area contributed by atoms with Gasteiger partial charge in [-0.05, 0) is 36.8 Å². The molecule has 0 aliphatic carbocycles. The van der Waals surface area contributed by atoms with Gasteiger partial charge in [-0.15, -0.1) is 0 Å². The molecule has 220 valence electrons. The zero-order valence-corrected chi connectivity index (χ0v) is 23.8. The lowest BCUT2D eigenvalue weighted by Crippen LogP contribution is -2.53. The Bertz CT molecular complexity index is 1380. The molecular formula is C32H36N4O6. The van der Waals surface area contributed by atoms with Crippen LogP contribution in [0.3, 0.4) is 0 Å². The van der Waals surface area contributed by atoms with Gasteiger partial charge in [-0.1, -0.05) is 60.2 Å². The predicted molar refractivity (Wildman–Crippen MR) is 157 cm³/mol. The number of ether oxygens (including phenoxy) is 2. The molecule has 2 atom stereocenters. The van der Waals surface area contributed by atoms with Crippen molar-refractivity contribution >= 4 is 23.6 Å². The second-order valence-corrected chi connectivity index (χ2v) is 10.1. The number of likely N-dealkylation sites (N-methyl/N-ethyl adjacent to an activating group) is 1. The molecule has 0 aromatic heterocycles. The Morgan fingerprint density at radius 1 is 0.976 bits per heavy atom. The summed E-state index contributed by atoms with van der Waals surface area (Å²) in [5, 5.41) is 8.20. The van der Waals surface area contributed by atoms with Crippen molar-refractivity contribution in [1.82, 2.24) is 20.9 Å². The highest BCUT2D eigenvalue weighted by atomic mass is 16.5. The van der Waals surface area contributed by atoms with Gasteiger partial charge in [0.05, 0.1) is 25.1 Å². The number of aryl methyl sites for hydroxylation is 1. The van der Waals surface area contributed by atoms with E-state index in [-0.39, 0.29) is 50.6 Å². The number of benzene rings is 3. The van der Waals surface area contributed by atoms with Crippen molar-refractivity contribution in [1.29, 1.82) is 0 Å². The quantitative estimate of drug-likeness (QED) is 0.373. The lowest BCUT2D eigenvalue weighted by molar-refractivity contribution is -0.136. The molecule has 0 fully saturated rings. The van der Waals surface area contributed by atoms with Crippen molar-refractivity contribution in [2.24, 2.45) is 0 Å². The van der Waals surface area contributed by atoms with Gasteiger partial charge in [0.15, 0.2) is 0 Å². The Morgan fingerprint density at radius 3 is 2.45 bits per heavy atom. The molecule has 0 saturated heterocycles. The summed E-state index contributed by atoms with van der Waals surface area (Å²) in [7, 11) is 1.63. The first kappa shape index (κ1) is 30.1. The van der Waals surface area contributed by atoms with Gasteiger partial charge in [-0.25, -0.2) is 0 Å². The van der Waals surface area contributed by atoms with Crippen LogP contribution in [0.15, 0.2) is 78.9 Å². The number of carbonyl (C=O) groups excluding carboxylic acids is 4. The fraction of sp³-hybridized carbons (Fsp3) is 0.312. The fourth-order valence-corrected chi connectivity index (χ4v) is 4.48. The van der Waals surface area contributed by atoms with E-state index in [2.05, 4.69) is 16.0 Å². The van der Waals surface area contributed by atoms with E-state index < -0.39 is 29.8 Å². The third kappa shape index (κ3) is 8.57. The molecule has 4 amide bonds. The maximum absolute atomic E-state index is 13.4. The van der Waals surface area contributed by atoms with E-state index in [4.69, 9.17) is 9.47 Å². The molecule has 3 N–H and O–H groups in total. The van der Waals surface area contributed by atoms with Crippen LogP contribution in [0.4, 0.5) is 0 Å². The average molecular weight is 573 g/mol. The first-order valence-corrected chi connectivity index (χ1v) is 13.9. The van der Waals surface area contributed by atoms with Crippen LogP contribution in [-0.2, 0) is 20.8 Å². The number of nitrogens with one attached hydrogen (secondary N) is 3. The van der Waals surface area contributed by atoms with Gasteiger partial charge in [0.2, 0.25) is 17.7 Å². The molecular weight excluding hydrogens is 536 g/mol. The first-order chi connectivity index (χ1) is 20.3. The summed E-state index contributed by atoms with van der Waals surface area (Å²) in [5.41, 5.74) is 2.18. The molecule has 1 aliphatic heterocycles. The predicted octanol–water partition coefficient (Wildman–Crippen LogP) is 2.26. The lowest BCUT2D eigenvalue weighted by atomic mass is 10.0. The SMILES string of the molecule is Cc1ccc(OCCNC(=O)[C@@H]2CC(=O)N[C@H](Cc3ccccc3)C(=O)N(C)CCOc3ccccc3C(=O)N2)cc1. The van der Waals surface area contributed by atoms with Crippen molar-refractivity contribution < 1.29 is 28.7 Å². The zero-order valence-electron chi connectivity index (χ0n) is 23.8. The van der Waals surface area contributed by atoms with Crippen molar-refractivity contribution in [3.05, 3.63) is 95.6 Å². The molecule has 10 heteroatoms. The highest BCUT2D eigenvalue weighted by Crippen LogP contribution is 2.19. The maximum Gasteiger partial charge on any atom is 0.255 e. The highest BCUT2D eigenvalue weighted by Gasteiger charge is 2.30. The molecule has 0 spiro atoms. The number of hydrogen-bond donors (Lipinski definition) is 3. The van der Waals surface area contributed by atoms with Crippen LogP contribution in [0.2, 0.25) is 0 Å². The summed E-state index contributed by atoms with van der Waals surface area (Å²) in [6.45, 7) is 2.69. The van der Waals surface area contributed by atoms with E-state index in [9.17, 15) is 19.2 Å². The van der Waals surface area contributed by atoms with Gasteiger partial charge in [0, 0.05) is 13.5 Å². The molecule has 4 rings (SSSR count). The molecule has 3 aromatic rings. The summed E-state index contributed by atoms with van der Waals surface area (Å²) >= 11 is 0. The molecule has 42 heavy (non-hydrogen) atoms. The number of para-hydroxylation sites is 1. The van der Waals surface area contributed by atoms with Crippen LogP contribution < -0.4 is 25.4 Å². The number of rotatable bonds is 7. The minimum atomic E-state index is -1.21. The number of carbonyl (C=O) groups is 4. The first-order valence-electron chi connectivity index (χ1n) is 13.9. The Hall–Kier alpha value is -4.86. The van der Waals surface area contributed by atoms with E-state index in [1.165, 1.54) is 4.90 Å². The van der Waals surface area contributed by atoms with E-state index in [1.807, 2.05) is 61.5 Å². The van der Waals surface area contributed by atoms with Gasteiger partial charge in [-0.2, -0.15) is 0 Å². The number of nitrogens with zero attached hydrogens (tertiary/aromatic N) is 1. The van der Waals surface area contributed by atoms with Crippen molar-refractivity contribution in [2.45, 2.75) is 31.8 Å². The summed E-state index contributed by atoms with van der Waals surface area (Å²) in [4.78, 5) is 54.6. The van der Waals surface area contributed by atoms with Crippen molar-refractivity contribution in [3.8, 4) is 11.5 Å². The average Bonchev–Trinajstić information content (AvgIpc) is 2.99. The number of fused-ring (bicyclic) bond motifs is 1. The number of hydrogen-bond acceptors (Lipinski definition) is 6. The van der Waals surface area contributed by atoms with Gasteiger partial charge in [0.1, 0.15) is 36.8 Å². The second kappa shape index (κ2) is 14.7. The lowest BCUT2D eigenvalue weighted by Gasteiger charge is -2.26. The molecule has 1 heterocycles. The Labute approximate surface area is 245 Å². The normalized spacial score (nSPS) is 18.0. The van der Waals surface area contributed by atoms with Crippen LogP contribution in [0.1, 0.15) is 27.9 Å². The topological polar surface area (TPSA) is 126 Å². The molecule has 10 nitrogen and oxygen atoms in total. The molecule has 0 bridgehead atoms.